The average Bonchev–Trinajstić information content (AvgIpc) is 1.82. The molecule has 0 radical (unpaired) electrons. The van der Waals surface area contributed by atoms with Crippen LogP contribution in [0.3, 0.4) is 0 Å². The molecule has 0 aromatic carbocycles. The molecule has 2 heteroatoms. The van der Waals surface area contributed by atoms with Crippen LogP contribution in [0, 0.1) is 11.8 Å². The van der Waals surface area contributed by atoms with Crippen molar-refractivity contribution in [2.24, 2.45) is 11.8 Å². The van der Waals surface area contributed by atoms with Crippen LogP contribution in [0.4, 0.5) is 0 Å². The third-order valence-corrected chi connectivity index (χ3v) is 3.61. The second kappa shape index (κ2) is 2.46. The van der Waals surface area contributed by atoms with Gasteiger partial charge in [0, 0.05) is 12.1 Å². The Morgan fingerprint density at radius 2 is 1.18 bits per heavy atom. The first-order valence-corrected chi connectivity index (χ1v) is 4.66. The van der Waals surface area contributed by atoms with Crippen molar-refractivity contribution in [2.45, 2.75) is 44.2 Å². The van der Waals surface area contributed by atoms with Crippen molar-refractivity contribution in [1.29, 1.82) is 0 Å². The molecule has 2 aliphatic heterocycles. The van der Waals surface area contributed by atoms with Gasteiger partial charge in [0.25, 0.3) is 0 Å². The Balaban J connectivity index is 0.000000480. The summed E-state index contributed by atoms with van der Waals surface area (Å²) >= 11 is 0. The molecule has 2 saturated heterocycles. The van der Waals surface area contributed by atoms with Crippen LogP contribution < -0.4 is 11.5 Å². The topological polar surface area (TPSA) is 47.0 Å². The van der Waals surface area contributed by atoms with E-state index in [4.69, 9.17) is 0 Å². The monoisotopic (exact) mass is 154 g/mol. The van der Waals surface area contributed by atoms with Gasteiger partial charge in [0.15, 0.2) is 0 Å². The lowest BCUT2D eigenvalue weighted by molar-refractivity contribution is 0.0604. The molecule has 0 unspecified atom stereocenters. The van der Waals surface area contributed by atoms with Gasteiger partial charge in [0.2, 0.25) is 0 Å². The molecule has 4 bridgehead atoms. The molecule has 2 heterocycles. The molecule has 11 heavy (non-hydrogen) atoms. The molecule has 0 amide bonds. The molecule has 0 aromatic heterocycles. The maximum atomic E-state index is 3.71. The fraction of sp³-hybridized carbons (Fsp3) is 1.00. The average molecular weight is 154 g/mol. The Morgan fingerprint density at radius 3 is 1.55 bits per heavy atom. The van der Waals surface area contributed by atoms with E-state index in [1.54, 1.807) is 6.42 Å². The van der Waals surface area contributed by atoms with Crippen LogP contribution in [0.25, 0.3) is 0 Å². The molecular formula is C9H18N2. The zero-order valence-electron chi connectivity index (χ0n) is 7.05. The lowest BCUT2D eigenvalue weighted by Gasteiger charge is -2.50. The van der Waals surface area contributed by atoms with E-state index < -0.39 is 0 Å². The number of rotatable bonds is 0. The second-order valence-corrected chi connectivity index (χ2v) is 4.47. The molecule has 2 saturated carbocycles. The Kier molecular flexibility index (Phi) is 1.69. The Morgan fingerprint density at radius 1 is 0.727 bits per heavy atom. The zero-order chi connectivity index (χ0) is 6.55. The van der Waals surface area contributed by atoms with Gasteiger partial charge < -0.3 is 11.5 Å². The van der Waals surface area contributed by atoms with Gasteiger partial charge in [-0.25, -0.2) is 0 Å². The number of piperidine rings is 2. The number of hydrogen-bond acceptors (Lipinski definition) is 2. The van der Waals surface area contributed by atoms with Crippen molar-refractivity contribution in [3.8, 4) is 0 Å². The van der Waals surface area contributed by atoms with E-state index in [2.05, 4.69) is 5.32 Å². The van der Waals surface area contributed by atoms with Crippen LogP contribution in [0.15, 0.2) is 0 Å². The summed E-state index contributed by atoms with van der Waals surface area (Å²) in [5.74, 6) is 2.23. The van der Waals surface area contributed by atoms with Gasteiger partial charge in [0.05, 0.1) is 0 Å². The minimum Gasteiger partial charge on any atom is -0.344 e. The highest BCUT2D eigenvalue weighted by molar-refractivity contribution is 4.98. The third kappa shape index (κ3) is 1.09. The molecule has 4 N–H and O–H groups in total. The Bertz CT molecular complexity index is 99.1. The minimum absolute atomic E-state index is 0. The number of hydrogen-bond donors (Lipinski definition) is 2. The van der Waals surface area contributed by atoms with E-state index in [1.165, 1.54) is 25.7 Å². The van der Waals surface area contributed by atoms with Crippen molar-refractivity contribution >= 4 is 0 Å². The van der Waals surface area contributed by atoms with Gasteiger partial charge in [-0.2, -0.15) is 0 Å². The van der Waals surface area contributed by atoms with Gasteiger partial charge in [-0.1, -0.05) is 0 Å². The van der Waals surface area contributed by atoms with Crippen LogP contribution in [-0.2, 0) is 0 Å². The first-order valence-electron chi connectivity index (χ1n) is 4.66. The summed E-state index contributed by atoms with van der Waals surface area (Å²) in [7, 11) is 0. The Hall–Kier alpha value is -0.0800. The van der Waals surface area contributed by atoms with Crippen LogP contribution in [-0.4, -0.2) is 12.1 Å². The van der Waals surface area contributed by atoms with E-state index in [-0.39, 0.29) is 6.15 Å². The van der Waals surface area contributed by atoms with Crippen molar-refractivity contribution in [1.82, 2.24) is 11.5 Å². The van der Waals surface area contributed by atoms with Crippen molar-refractivity contribution in [3.63, 3.8) is 0 Å². The predicted octanol–water partition coefficient (Wildman–Crippen LogP) is 1.70. The van der Waals surface area contributed by atoms with Crippen LogP contribution in [0.5, 0.6) is 0 Å². The molecule has 4 aliphatic rings. The summed E-state index contributed by atoms with van der Waals surface area (Å²) in [6.07, 6.45) is 7.54. The second-order valence-electron chi connectivity index (χ2n) is 4.47. The maximum absolute atomic E-state index is 3.71. The van der Waals surface area contributed by atoms with E-state index >= 15 is 0 Å². The zero-order valence-corrected chi connectivity index (χ0v) is 7.05. The molecule has 4 rings (SSSR count). The SMILES string of the molecule is C1C2CC3CC1CC(C2)N3.N. The first-order chi connectivity index (χ1) is 4.90. The van der Waals surface area contributed by atoms with E-state index in [9.17, 15) is 0 Å². The van der Waals surface area contributed by atoms with Crippen molar-refractivity contribution in [2.75, 3.05) is 0 Å². The molecular weight excluding hydrogens is 136 g/mol. The lowest BCUT2D eigenvalue weighted by Crippen LogP contribution is -2.55. The van der Waals surface area contributed by atoms with Crippen LogP contribution >= 0.6 is 0 Å². The molecule has 4 fully saturated rings. The fourth-order valence-electron chi connectivity index (χ4n) is 3.46. The van der Waals surface area contributed by atoms with Gasteiger partial charge in [-0.05, 0) is 43.9 Å². The molecule has 0 spiro atoms. The van der Waals surface area contributed by atoms with E-state index in [0.29, 0.717) is 0 Å². The summed E-state index contributed by atoms with van der Waals surface area (Å²) in [5, 5.41) is 3.71. The number of nitrogens with one attached hydrogen (secondary N) is 1. The molecule has 2 nitrogen and oxygen atoms in total. The highest BCUT2D eigenvalue weighted by Crippen LogP contribution is 2.44. The molecule has 64 valence electrons. The lowest BCUT2D eigenvalue weighted by atomic mass is 9.65. The standard InChI is InChI=1S/C9H15N.H3N/c1-6-2-8-4-7(1)5-9(3-6)10-8;/h6-10H,1-5H2;1H3. The van der Waals surface area contributed by atoms with Gasteiger partial charge in [0.1, 0.15) is 0 Å². The van der Waals surface area contributed by atoms with Crippen LogP contribution in [0.2, 0.25) is 0 Å². The van der Waals surface area contributed by atoms with Crippen LogP contribution in [0.1, 0.15) is 32.1 Å². The summed E-state index contributed by atoms with van der Waals surface area (Å²) in [5.41, 5.74) is 0. The fourth-order valence-corrected chi connectivity index (χ4v) is 3.46. The summed E-state index contributed by atoms with van der Waals surface area (Å²) in [6.45, 7) is 0. The minimum atomic E-state index is 0. The van der Waals surface area contributed by atoms with Gasteiger partial charge in [-0.15, -0.1) is 0 Å². The maximum Gasteiger partial charge on any atom is 0.00749 e. The summed E-state index contributed by atoms with van der Waals surface area (Å²) in [4.78, 5) is 0. The summed E-state index contributed by atoms with van der Waals surface area (Å²) < 4.78 is 0. The van der Waals surface area contributed by atoms with E-state index in [1.807, 2.05) is 0 Å². The smallest absolute Gasteiger partial charge is 0.00749 e. The highest BCUT2D eigenvalue weighted by atomic mass is 15.0. The quantitative estimate of drug-likeness (QED) is 0.558. The Labute approximate surface area is 68.3 Å². The molecule has 0 atom stereocenters. The first kappa shape index (κ1) is 7.56. The predicted molar refractivity (Wildman–Crippen MR) is 45.8 cm³/mol. The molecule has 2 aliphatic carbocycles. The van der Waals surface area contributed by atoms with Crippen molar-refractivity contribution < 1.29 is 0 Å². The largest absolute Gasteiger partial charge is 0.344 e. The summed E-state index contributed by atoms with van der Waals surface area (Å²) in [6, 6.07) is 1.85. The van der Waals surface area contributed by atoms with Gasteiger partial charge >= 0.3 is 0 Å². The normalized spacial score (nSPS) is 52.4. The molecule has 0 aromatic rings. The van der Waals surface area contributed by atoms with Gasteiger partial charge in [-0.3, -0.25) is 0 Å². The third-order valence-electron chi connectivity index (χ3n) is 3.61. The van der Waals surface area contributed by atoms with E-state index in [0.717, 1.165) is 23.9 Å². The highest BCUT2D eigenvalue weighted by Gasteiger charge is 2.41. The van der Waals surface area contributed by atoms with Crippen molar-refractivity contribution in [3.05, 3.63) is 0 Å².